The Morgan fingerprint density at radius 3 is 2.80 bits per heavy atom. The van der Waals surface area contributed by atoms with E-state index in [1.807, 2.05) is 37.3 Å². The molecule has 1 heterocycles. The van der Waals surface area contributed by atoms with Crippen LogP contribution in [0.4, 0.5) is 0 Å². The van der Waals surface area contributed by atoms with Gasteiger partial charge in [-0.05, 0) is 30.7 Å². The lowest BCUT2D eigenvalue weighted by Crippen LogP contribution is -1.86. The normalized spacial score (nSPS) is 9.60. The predicted molar refractivity (Wildman–Crippen MR) is 59.1 cm³/mol. The first kappa shape index (κ1) is 9.42. The maximum absolute atomic E-state index is 8.81. The molecule has 0 saturated carbocycles. The van der Waals surface area contributed by atoms with Crippen LogP contribution in [0.2, 0.25) is 0 Å². The van der Waals surface area contributed by atoms with Gasteiger partial charge in [-0.3, -0.25) is 4.98 Å². The van der Waals surface area contributed by atoms with Gasteiger partial charge in [0.2, 0.25) is 0 Å². The number of pyridine rings is 1. The van der Waals surface area contributed by atoms with Crippen molar-refractivity contribution in [2.24, 2.45) is 0 Å². The SMILES string of the molecule is Cc1ncccc1-c1cccc(C#N)c1. The van der Waals surface area contributed by atoms with Crippen molar-refractivity contribution in [2.75, 3.05) is 0 Å². The van der Waals surface area contributed by atoms with E-state index in [9.17, 15) is 0 Å². The second-order valence-electron chi connectivity index (χ2n) is 3.33. The van der Waals surface area contributed by atoms with E-state index < -0.39 is 0 Å². The molecule has 0 aliphatic carbocycles. The molecule has 1 aromatic heterocycles. The molecule has 72 valence electrons. The summed E-state index contributed by atoms with van der Waals surface area (Å²) in [5, 5.41) is 8.81. The molecule has 0 N–H and O–H groups in total. The van der Waals surface area contributed by atoms with Crippen LogP contribution in [0.5, 0.6) is 0 Å². The lowest BCUT2D eigenvalue weighted by molar-refractivity contribution is 1.20. The van der Waals surface area contributed by atoms with Crippen molar-refractivity contribution in [3.05, 3.63) is 53.9 Å². The Balaban J connectivity index is 2.55. The Labute approximate surface area is 88.8 Å². The summed E-state index contributed by atoms with van der Waals surface area (Å²) in [4.78, 5) is 4.23. The Bertz CT molecular complexity index is 524. The zero-order valence-electron chi connectivity index (χ0n) is 8.44. The average Bonchev–Trinajstić information content (AvgIpc) is 2.30. The summed E-state index contributed by atoms with van der Waals surface area (Å²) < 4.78 is 0. The van der Waals surface area contributed by atoms with Gasteiger partial charge in [0.15, 0.2) is 0 Å². The number of aryl methyl sites for hydroxylation is 1. The molecule has 0 atom stereocenters. The van der Waals surface area contributed by atoms with Gasteiger partial charge in [-0.25, -0.2) is 0 Å². The lowest BCUT2D eigenvalue weighted by atomic mass is 10.0. The molecule has 15 heavy (non-hydrogen) atoms. The van der Waals surface area contributed by atoms with Crippen LogP contribution in [-0.4, -0.2) is 4.98 Å². The van der Waals surface area contributed by atoms with Gasteiger partial charge in [-0.1, -0.05) is 18.2 Å². The molecule has 0 amide bonds. The van der Waals surface area contributed by atoms with Crippen molar-refractivity contribution in [1.29, 1.82) is 5.26 Å². The predicted octanol–water partition coefficient (Wildman–Crippen LogP) is 2.93. The zero-order chi connectivity index (χ0) is 10.7. The van der Waals surface area contributed by atoms with Crippen LogP contribution in [0.3, 0.4) is 0 Å². The van der Waals surface area contributed by atoms with Crippen LogP contribution < -0.4 is 0 Å². The molecule has 0 bridgehead atoms. The molecule has 0 saturated heterocycles. The fourth-order valence-corrected chi connectivity index (χ4v) is 1.55. The standard InChI is InChI=1S/C13H10N2/c1-10-13(6-3-7-15-10)12-5-2-4-11(8-12)9-14/h2-8H,1H3. The number of rotatable bonds is 1. The molecule has 0 aliphatic heterocycles. The Hall–Kier alpha value is -2.14. The van der Waals surface area contributed by atoms with E-state index in [4.69, 9.17) is 5.26 Å². The number of aromatic nitrogens is 1. The molecule has 2 nitrogen and oxygen atoms in total. The molecule has 1 aromatic carbocycles. The van der Waals surface area contributed by atoms with E-state index in [1.165, 1.54) is 0 Å². The van der Waals surface area contributed by atoms with Crippen LogP contribution >= 0.6 is 0 Å². The number of hydrogen-bond acceptors (Lipinski definition) is 2. The van der Waals surface area contributed by atoms with E-state index in [0.717, 1.165) is 16.8 Å². The summed E-state index contributed by atoms with van der Waals surface area (Å²) in [6.07, 6.45) is 1.77. The summed E-state index contributed by atoms with van der Waals surface area (Å²) in [6, 6.07) is 13.6. The van der Waals surface area contributed by atoms with Gasteiger partial charge in [-0.15, -0.1) is 0 Å². The maximum atomic E-state index is 8.81. The average molecular weight is 194 g/mol. The van der Waals surface area contributed by atoms with Gasteiger partial charge in [0.05, 0.1) is 11.6 Å². The molecule has 2 heteroatoms. The minimum absolute atomic E-state index is 0.677. The van der Waals surface area contributed by atoms with Crippen molar-refractivity contribution >= 4 is 0 Å². The van der Waals surface area contributed by atoms with E-state index in [1.54, 1.807) is 12.3 Å². The first-order valence-corrected chi connectivity index (χ1v) is 4.73. The second-order valence-corrected chi connectivity index (χ2v) is 3.33. The third-order valence-electron chi connectivity index (χ3n) is 2.31. The Kier molecular flexibility index (Phi) is 2.47. The summed E-state index contributed by atoms with van der Waals surface area (Å²) >= 11 is 0. The van der Waals surface area contributed by atoms with Crippen LogP contribution in [0.25, 0.3) is 11.1 Å². The van der Waals surface area contributed by atoms with Crippen molar-refractivity contribution in [3.8, 4) is 17.2 Å². The molecular weight excluding hydrogens is 184 g/mol. The van der Waals surface area contributed by atoms with E-state index in [2.05, 4.69) is 11.1 Å². The molecule has 2 rings (SSSR count). The quantitative estimate of drug-likeness (QED) is 0.699. The van der Waals surface area contributed by atoms with Gasteiger partial charge < -0.3 is 0 Å². The summed E-state index contributed by atoms with van der Waals surface area (Å²) in [7, 11) is 0. The zero-order valence-corrected chi connectivity index (χ0v) is 8.44. The van der Waals surface area contributed by atoms with Crippen LogP contribution in [0.15, 0.2) is 42.6 Å². The molecular formula is C13H10N2. The topological polar surface area (TPSA) is 36.7 Å². The van der Waals surface area contributed by atoms with Gasteiger partial charge >= 0.3 is 0 Å². The van der Waals surface area contributed by atoms with Gasteiger partial charge in [-0.2, -0.15) is 5.26 Å². The van der Waals surface area contributed by atoms with Gasteiger partial charge in [0.1, 0.15) is 0 Å². The fourth-order valence-electron chi connectivity index (χ4n) is 1.55. The van der Waals surface area contributed by atoms with Crippen LogP contribution in [0.1, 0.15) is 11.3 Å². The largest absolute Gasteiger partial charge is 0.261 e. The summed E-state index contributed by atoms with van der Waals surface area (Å²) in [5.74, 6) is 0. The number of benzene rings is 1. The van der Waals surface area contributed by atoms with Crippen molar-refractivity contribution in [2.45, 2.75) is 6.92 Å². The highest BCUT2D eigenvalue weighted by molar-refractivity contribution is 5.66. The van der Waals surface area contributed by atoms with Crippen molar-refractivity contribution < 1.29 is 0 Å². The number of nitrogens with zero attached hydrogens (tertiary/aromatic N) is 2. The van der Waals surface area contributed by atoms with Gasteiger partial charge in [0, 0.05) is 17.5 Å². The molecule has 0 fully saturated rings. The smallest absolute Gasteiger partial charge is 0.0991 e. The summed E-state index contributed by atoms with van der Waals surface area (Å²) in [6.45, 7) is 1.97. The molecule has 0 radical (unpaired) electrons. The lowest BCUT2D eigenvalue weighted by Gasteiger charge is -2.04. The molecule has 0 unspecified atom stereocenters. The van der Waals surface area contributed by atoms with Crippen molar-refractivity contribution in [3.63, 3.8) is 0 Å². The highest BCUT2D eigenvalue weighted by atomic mass is 14.7. The number of nitriles is 1. The molecule has 2 aromatic rings. The maximum Gasteiger partial charge on any atom is 0.0991 e. The summed E-state index contributed by atoms with van der Waals surface area (Å²) in [5.41, 5.74) is 3.78. The first-order valence-electron chi connectivity index (χ1n) is 4.73. The highest BCUT2D eigenvalue weighted by Crippen LogP contribution is 2.22. The first-order chi connectivity index (χ1) is 7.31. The highest BCUT2D eigenvalue weighted by Gasteiger charge is 2.02. The molecule has 0 spiro atoms. The van der Waals surface area contributed by atoms with E-state index in [-0.39, 0.29) is 0 Å². The minimum Gasteiger partial charge on any atom is -0.261 e. The number of hydrogen-bond donors (Lipinski definition) is 0. The van der Waals surface area contributed by atoms with Gasteiger partial charge in [0.25, 0.3) is 0 Å². The Morgan fingerprint density at radius 1 is 1.20 bits per heavy atom. The fraction of sp³-hybridized carbons (Fsp3) is 0.0769. The van der Waals surface area contributed by atoms with Crippen molar-refractivity contribution in [1.82, 2.24) is 4.98 Å². The van der Waals surface area contributed by atoms with E-state index in [0.29, 0.717) is 5.56 Å². The second kappa shape index (κ2) is 3.93. The third kappa shape index (κ3) is 1.87. The van der Waals surface area contributed by atoms with Crippen LogP contribution in [0, 0.1) is 18.3 Å². The van der Waals surface area contributed by atoms with Crippen LogP contribution in [-0.2, 0) is 0 Å². The Morgan fingerprint density at radius 2 is 2.07 bits per heavy atom. The monoisotopic (exact) mass is 194 g/mol. The third-order valence-corrected chi connectivity index (χ3v) is 2.31. The molecule has 0 aliphatic rings. The van der Waals surface area contributed by atoms with E-state index >= 15 is 0 Å². The minimum atomic E-state index is 0.677.